The van der Waals surface area contributed by atoms with Crippen molar-refractivity contribution < 1.29 is 4.79 Å². The number of nitrogens with one attached hydrogen (secondary N) is 1. The van der Waals surface area contributed by atoms with Gasteiger partial charge in [0, 0.05) is 6.20 Å². The fraction of sp³-hybridized carbons (Fsp3) is 0.455. The first-order valence-corrected chi connectivity index (χ1v) is 5.20. The van der Waals surface area contributed by atoms with Gasteiger partial charge < -0.3 is 11.1 Å². The maximum absolute atomic E-state index is 11.6. The van der Waals surface area contributed by atoms with Crippen LogP contribution in [0.4, 0.5) is 5.82 Å². The van der Waals surface area contributed by atoms with Gasteiger partial charge in [-0.1, -0.05) is 19.3 Å². The summed E-state index contributed by atoms with van der Waals surface area (Å²) in [6.45, 7) is 2.16. The lowest BCUT2D eigenvalue weighted by atomic mass is 10.2. The van der Waals surface area contributed by atoms with E-state index in [9.17, 15) is 4.79 Å². The van der Waals surface area contributed by atoms with E-state index < -0.39 is 0 Å². The number of amides is 1. The molecule has 86 valence electrons. The average molecular weight is 220 g/mol. The molecule has 16 heavy (non-hydrogen) atoms. The smallest absolute Gasteiger partial charge is 0.242 e. The van der Waals surface area contributed by atoms with Crippen molar-refractivity contribution in [2.24, 2.45) is 0 Å². The molecule has 1 rings (SSSR count). The summed E-state index contributed by atoms with van der Waals surface area (Å²) >= 11 is 0. The Balaban J connectivity index is 2.44. The molecule has 1 aromatic rings. The van der Waals surface area contributed by atoms with Crippen LogP contribution in [-0.2, 0) is 11.3 Å². The maximum Gasteiger partial charge on any atom is 0.242 e. The quantitative estimate of drug-likeness (QED) is 0.705. The first kappa shape index (κ1) is 12.1. The van der Waals surface area contributed by atoms with Gasteiger partial charge in [0.25, 0.3) is 0 Å². The monoisotopic (exact) mass is 220 g/mol. The minimum atomic E-state index is -0.203. The van der Waals surface area contributed by atoms with Gasteiger partial charge in [-0.05, 0) is 12.5 Å². The molecule has 1 aromatic heterocycles. The summed E-state index contributed by atoms with van der Waals surface area (Å²) in [6, 6.07) is 1.43. The van der Waals surface area contributed by atoms with E-state index in [1.54, 1.807) is 12.3 Å². The van der Waals surface area contributed by atoms with Crippen molar-refractivity contribution in [3.63, 3.8) is 0 Å². The summed E-state index contributed by atoms with van der Waals surface area (Å²) < 4.78 is 1.48. The van der Waals surface area contributed by atoms with Crippen LogP contribution < -0.4 is 11.1 Å². The highest BCUT2D eigenvalue weighted by molar-refractivity contribution is 5.76. The second kappa shape index (κ2) is 5.81. The minimum absolute atomic E-state index is 0.138. The number of nitrogen functional groups attached to an aromatic ring is 1. The highest BCUT2D eigenvalue weighted by atomic mass is 16.2. The number of nitrogens with two attached hydrogens (primary N) is 1. The zero-order chi connectivity index (χ0) is 12.0. The lowest BCUT2D eigenvalue weighted by Gasteiger charge is -2.11. The van der Waals surface area contributed by atoms with Crippen molar-refractivity contribution >= 4 is 11.7 Å². The molecule has 0 aliphatic rings. The van der Waals surface area contributed by atoms with Gasteiger partial charge in [-0.2, -0.15) is 5.10 Å². The van der Waals surface area contributed by atoms with Crippen LogP contribution in [0.15, 0.2) is 12.3 Å². The Bertz CT molecular complexity index is 391. The average Bonchev–Trinajstić information content (AvgIpc) is 2.63. The molecule has 1 amide bonds. The van der Waals surface area contributed by atoms with Gasteiger partial charge in [0.2, 0.25) is 5.91 Å². The molecular weight excluding hydrogens is 204 g/mol. The first-order valence-electron chi connectivity index (χ1n) is 5.20. The molecule has 0 fully saturated rings. The van der Waals surface area contributed by atoms with Crippen LogP contribution in [0.25, 0.3) is 0 Å². The van der Waals surface area contributed by atoms with Crippen LogP contribution in [0, 0.1) is 12.3 Å². The van der Waals surface area contributed by atoms with Gasteiger partial charge in [0.1, 0.15) is 12.4 Å². The van der Waals surface area contributed by atoms with Gasteiger partial charge >= 0.3 is 0 Å². The third kappa shape index (κ3) is 3.65. The molecule has 0 saturated carbocycles. The molecule has 0 radical (unpaired) electrons. The molecule has 3 N–H and O–H groups in total. The van der Waals surface area contributed by atoms with E-state index in [2.05, 4.69) is 16.3 Å². The molecule has 0 spiro atoms. The molecule has 5 nitrogen and oxygen atoms in total. The number of rotatable bonds is 5. The standard InChI is InChI=1S/C11H16N4O/c1-3-5-9(4-2)13-11(16)8-15-7-6-10(12)14-15/h2,6-7,9H,3,5,8H2,1H3,(H2,12,14)(H,13,16). The van der Waals surface area contributed by atoms with Crippen LogP contribution >= 0.6 is 0 Å². The van der Waals surface area contributed by atoms with Crippen LogP contribution in [0.2, 0.25) is 0 Å². The largest absolute Gasteiger partial charge is 0.382 e. The van der Waals surface area contributed by atoms with E-state index in [1.165, 1.54) is 4.68 Å². The lowest BCUT2D eigenvalue weighted by molar-refractivity contribution is -0.122. The number of hydrogen-bond donors (Lipinski definition) is 2. The van der Waals surface area contributed by atoms with Gasteiger partial charge in [-0.25, -0.2) is 0 Å². The SMILES string of the molecule is C#CC(CCC)NC(=O)Cn1ccc(N)n1. The number of terminal acetylenes is 1. The lowest BCUT2D eigenvalue weighted by Crippen LogP contribution is -2.36. The first-order chi connectivity index (χ1) is 7.65. The normalized spacial score (nSPS) is 11.8. The third-order valence-corrected chi connectivity index (χ3v) is 2.08. The van der Waals surface area contributed by atoms with Crippen molar-refractivity contribution in [1.29, 1.82) is 0 Å². The number of hydrogen-bond acceptors (Lipinski definition) is 3. The summed E-state index contributed by atoms with van der Waals surface area (Å²) in [5.74, 6) is 2.78. The van der Waals surface area contributed by atoms with Crippen molar-refractivity contribution in [1.82, 2.24) is 15.1 Å². The van der Waals surface area contributed by atoms with Gasteiger partial charge in [-0.3, -0.25) is 9.48 Å². The fourth-order valence-corrected chi connectivity index (χ4v) is 1.34. The number of nitrogens with zero attached hydrogens (tertiary/aromatic N) is 2. The number of carbonyl (C=O) groups excluding carboxylic acids is 1. The van der Waals surface area contributed by atoms with Gasteiger partial charge in [0.05, 0.1) is 6.04 Å². The number of anilines is 1. The molecule has 1 atom stereocenters. The summed E-state index contributed by atoms with van der Waals surface area (Å²) in [5.41, 5.74) is 5.43. The van der Waals surface area contributed by atoms with E-state index in [1.807, 2.05) is 6.92 Å². The number of aromatic nitrogens is 2. The minimum Gasteiger partial charge on any atom is -0.382 e. The van der Waals surface area contributed by atoms with Gasteiger partial charge in [-0.15, -0.1) is 6.42 Å². The van der Waals surface area contributed by atoms with Gasteiger partial charge in [0.15, 0.2) is 0 Å². The predicted molar refractivity (Wildman–Crippen MR) is 62.3 cm³/mol. The van der Waals surface area contributed by atoms with Crippen molar-refractivity contribution in [3.8, 4) is 12.3 Å². The Hall–Kier alpha value is -1.96. The molecule has 0 bridgehead atoms. The van der Waals surface area contributed by atoms with E-state index in [0.29, 0.717) is 5.82 Å². The molecule has 0 aliphatic heterocycles. The Morgan fingerprint density at radius 1 is 1.81 bits per heavy atom. The van der Waals surface area contributed by atoms with Crippen molar-refractivity contribution in [3.05, 3.63) is 12.3 Å². The van der Waals surface area contributed by atoms with Crippen LogP contribution in [0.5, 0.6) is 0 Å². The van der Waals surface area contributed by atoms with E-state index in [0.717, 1.165) is 12.8 Å². The number of carbonyl (C=O) groups is 1. The maximum atomic E-state index is 11.6. The molecule has 0 aliphatic carbocycles. The topological polar surface area (TPSA) is 72.9 Å². The molecule has 1 unspecified atom stereocenters. The Kier molecular flexibility index (Phi) is 4.40. The van der Waals surface area contributed by atoms with Crippen LogP contribution in [-0.4, -0.2) is 21.7 Å². The van der Waals surface area contributed by atoms with Crippen molar-refractivity contribution in [2.75, 3.05) is 5.73 Å². The molecular formula is C11H16N4O. The summed E-state index contributed by atoms with van der Waals surface area (Å²) in [7, 11) is 0. The predicted octanol–water partition coefficient (Wildman–Crippen LogP) is 0.383. The molecule has 5 heteroatoms. The highest BCUT2D eigenvalue weighted by Crippen LogP contribution is 1.97. The summed E-state index contributed by atoms with van der Waals surface area (Å²) in [6.07, 6.45) is 8.67. The Morgan fingerprint density at radius 3 is 3.06 bits per heavy atom. The van der Waals surface area contributed by atoms with E-state index >= 15 is 0 Å². The fourth-order valence-electron chi connectivity index (χ4n) is 1.34. The van der Waals surface area contributed by atoms with Crippen molar-refractivity contribution in [2.45, 2.75) is 32.4 Å². The van der Waals surface area contributed by atoms with Crippen LogP contribution in [0.1, 0.15) is 19.8 Å². The zero-order valence-electron chi connectivity index (χ0n) is 9.31. The third-order valence-electron chi connectivity index (χ3n) is 2.08. The van der Waals surface area contributed by atoms with Crippen LogP contribution in [0.3, 0.4) is 0 Å². The Morgan fingerprint density at radius 2 is 2.56 bits per heavy atom. The highest BCUT2D eigenvalue weighted by Gasteiger charge is 2.09. The van der Waals surface area contributed by atoms with E-state index in [4.69, 9.17) is 12.2 Å². The second-order valence-corrected chi connectivity index (χ2v) is 3.51. The zero-order valence-corrected chi connectivity index (χ0v) is 9.31. The van der Waals surface area contributed by atoms with E-state index in [-0.39, 0.29) is 18.5 Å². The molecule has 0 aromatic carbocycles. The summed E-state index contributed by atoms with van der Waals surface area (Å²) in [5, 5.41) is 6.66. The molecule has 0 saturated heterocycles. The second-order valence-electron chi connectivity index (χ2n) is 3.51. The summed E-state index contributed by atoms with van der Waals surface area (Å²) in [4.78, 5) is 11.6. The Labute approximate surface area is 95.0 Å². The molecule has 1 heterocycles.